The van der Waals surface area contributed by atoms with E-state index in [1.807, 2.05) is 11.8 Å². The molecule has 0 N–H and O–H groups in total. The van der Waals surface area contributed by atoms with Crippen LogP contribution in [0.2, 0.25) is 0 Å². The van der Waals surface area contributed by atoms with Crippen LogP contribution >= 0.6 is 11.8 Å². The zero-order chi connectivity index (χ0) is 15.6. The third-order valence-corrected chi connectivity index (χ3v) is 4.80. The van der Waals surface area contributed by atoms with Crippen LogP contribution in [0.3, 0.4) is 0 Å². The molecule has 0 bridgehead atoms. The zero-order valence-corrected chi connectivity index (χ0v) is 13.8. The van der Waals surface area contributed by atoms with E-state index in [1.54, 1.807) is 25.0 Å². The Hall–Kier alpha value is -1.50. The third-order valence-electron chi connectivity index (χ3n) is 3.32. The minimum atomic E-state index is -0.292. The smallest absolute Gasteiger partial charge is 0.328 e. The Bertz CT molecular complexity index is 742. The van der Waals surface area contributed by atoms with Crippen molar-refractivity contribution in [3.8, 4) is 0 Å². The fourth-order valence-corrected chi connectivity index (χ4v) is 3.21. The summed E-state index contributed by atoms with van der Waals surface area (Å²) in [6.45, 7) is 4.82. The maximum Gasteiger partial charge on any atom is 0.332 e. The summed E-state index contributed by atoms with van der Waals surface area (Å²) in [7, 11) is 3.42. The molecule has 2 heterocycles. The van der Waals surface area contributed by atoms with Gasteiger partial charge in [0.15, 0.2) is 11.2 Å². The van der Waals surface area contributed by atoms with E-state index in [2.05, 4.69) is 18.8 Å². The minimum Gasteiger partial charge on any atom is -0.328 e. The van der Waals surface area contributed by atoms with Gasteiger partial charge in [0.2, 0.25) is 0 Å². The van der Waals surface area contributed by atoms with Crippen LogP contribution in [0, 0.1) is 5.92 Å². The van der Waals surface area contributed by atoms with E-state index < -0.39 is 0 Å². The van der Waals surface area contributed by atoms with E-state index >= 15 is 0 Å². The fourth-order valence-electron chi connectivity index (χ4n) is 2.24. The van der Waals surface area contributed by atoms with Gasteiger partial charge >= 0.3 is 5.69 Å². The molecule has 7 heteroatoms. The second-order valence-corrected chi connectivity index (χ2v) is 6.80. The van der Waals surface area contributed by atoms with Crippen LogP contribution in [-0.4, -0.2) is 30.2 Å². The molecular weight excluding hydrogens is 288 g/mol. The average molecular weight is 310 g/mol. The summed E-state index contributed by atoms with van der Waals surface area (Å²) in [6.07, 6.45) is 2.38. The van der Waals surface area contributed by atoms with Gasteiger partial charge in [0.25, 0.3) is 5.56 Å². The van der Waals surface area contributed by atoms with Crippen LogP contribution in [-0.2, 0) is 20.6 Å². The first-order chi connectivity index (χ1) is 9.93. The number of aromatic nitrogens is 4. The first-order valence-electron chi connectivity index (χ1n) is 7.12. The molecule has 2 rings (SSSR count). The molecule has 2 aromatic heterocycles. The molecule has 0 amide bonds. The summed E-state index contributed by atoms with van der Waals surface area (Å²) in [4.78, 5) is 28.8. The predicted molar refractivity (Wildman–Crippen MR) is 87.0 cm³/mol. The quantitative estimate of drug-likeness (QED) is 0.753. The Labute approximate surface area is 127 Å². The molecule has 116 valence electrons. The van der Waals surface area contributed by atoms with Gasteiger partial charge in [-0.3, -0.25) is 13.9 Å². The van der Waals surface area contributed by atoms with Gasteiger partial charge < -0.3 is 4.57 Å². The second-order valence-electron chi connectivity index (χ2n) is 5.65. The fraction of sp³-hybridized carbons (Fsp3) is 0.643. The van der Waals surface area contributed by atoms with E-state index in [-0.39, 0.29) is 11.2 Å². The summed E-state index contributed by atoms with van der Waals surface area (Å²) < 4.78 is 4.43. The SMILES string of the molecule is CC(C)CSCCCn1c(=O)c2c(ncn2C)n(C)c1=O. The predicted octanol–water partition coefficient (Wildman–Crippen LogP) is 1.21. The van der Waals surface area contributed by atoms with E-state index in [1.165, 1.54) is 9.13 Å². The highest BCUT2D eigenvalue weighted by Crippen LogP contribution is 2.09. The Morgan fingerprint density at radius 1 is 1.29 bits per heavy atom. The zero-order valence-electron chi connectivity index (χ0n) is 13.0. The number of hydrogen-bond donors (Lipinski definition) is 0. The number of thioether (sulfide) groups is 1. The first-order valence-corrected chi connectivity index (χ1v) is 8.27. The normalized spacial score (nSPS) is 11.7. The summed E-state index contributed by atoms with van der Waals surface area (Å²) in [5.74, 6) is 2.72. The van der Waals surface area contributed by atoms with Crippen molar-refractivity contribution in [2.24, 2.45) is 20.0 Å². The lowest BCUT2D eigenvalue weighted by Crippen LogP contribution is -2.39. The molecule has 0 unspecified atom stereocenters. The van der Waals surface area contributed by atoms with E-state index in [0.717, 1.165) is 17.9 Å². The Kier molecular flexibility index (Phi) is 4.92. The van der Waals surface area contributed by atoms with Crippen molar-refractivity contribution < 1.29 is 0 Å². The number of aryl methyl sites for hydroxylation is 2. The summed E-state index contributed by atoms with van der Waals surface area (Å²) in [6, 6.07) is 0. The monoisotopic (exact) mass is 310 g/mol. The second kappa shape index (κ2) is 6.51. The van der Waals surface area contributed by atoms with Crippen LogP contribution in [0.4, 0.5) is 0 Å². The van der Waals surface area contributed by atoms with Gasteiger partial charge in [0.1, 0.15) is 0 Å². The summed E-state index contributed by atoms with van der Waals surface area (Å²) in [5, 5.41) is 0. The van der Waals surface area contributed by atoms with Gasteiger partial charge in [-0.2, -0.15) is 11.8 Å². The molecule has 0 aliphatic carbocycles. The highest BCUT2D eigenvalue weighted by Gasteiger charge is 2.14. The lowest BCUT2D eigenvalue weighted by atomic mass is 10.3. The lowest BCUT2D eigenvalue weighted by molar-refractivity contribution is 0.594. The number of rotatable bonds is 6. The van der Waals surface area contributed by atoms with Crippen LogP contribution in [0.1, 0.15) is 20.3 Å². The van der Waals surface area contributed by atoms with Gasteiger partial charge in [0, 0.05) is 20.6 Å². The van der Waals surface area contributed by atoms with E-state index in [0.29, 0.717) is 23.6 Å². The standard InChI is InChI=1S/C14H22N4O2S/c1-10(2)8-21-7-5-6-18-13(19)11-12(15-9-16(11)3)17(4)14(18)20/h9-10H,5-8H2,1-4H3. The van der Waals surface area contributed by atoms with E-state index in [4.69, 9.17) is 0 Å². The minimum absolute atomic E-state index is 0.248. The summed E-state index contributed by atoms with van der Waals surface area (Å²) >= 11 is 1.86. The Balaban J connectivity index is 2.22. The van der Waals surface area contributed by atoms with Crippen molar-refractivity contribution in [1.82, 2.24) is 18.7 Å². The molecule has 0 spiro atoms. The molecule has 2 aromatic rings. The van der Waals surface area contributed by atoms with Crippen LogP contribution < -0.4 is 11.2 Å². The molecule has 21 heavy (non-hydrogen) atoms. The highest BCUT2D eigenvalue weighted by atomic mass is 32.2. The average Bonchev–Trinajstić information content (AvgIpc) is 2.81. The Morgan fingerprint density at radius 2 is 2.00 bits per heavy atom. The highest BCUT2D eigenvalue weighted by molar-refractivity contribution is 7.99. The van der Waals surface area contributed by atoms with Gasteiger partial charge in [0.05, 0.1) is 6.33 Å². The molecule has 0 saturated heterocycles. The molecule has 0 saturated carbocycles. The molecule has 0 aromatic carbocycles. The van der Waals surface area contributed by atoms with Gasteiger partial charge in [-0.05, 0) is 23.8 Å². The van der Waals surface area contributed by atoms with Gasteiger partial charge in [-0.15, -0.1) is 0 Å². The molecule has 6 nitrogen and oxygen atoms in total. The van der Waals surface area contributed by atoms with Crippen molar-refractivity contribution in [3.63, 3.8) is 0 Å². The molecule has 0 aliphatic rings. The van der Waals surface area contributed by atoms with Crippen LogP contribution in [0.25, 0.3) is 11.2 Å². The summed E-state index contributed by atoms with van der Waals surface area (Å²) in [5.41, 5.74) is 0.381. The van der Waals surface area contributed by atoms with Crippen molar-refractivity contribution in [2.45, 2.75) is 26.8 Å². The number of imidazole rings is 1. The molecule has 0 atom stereocenters. The lowest BCUT2D eigenvalue weighted by Gasteiger charge is -2.09. The number of fused-ring (bicyclic) bond motifs is 1. The molecule has 0 aliphatic heterocycles. The Morgan fingerprint density at radius 3 is 2.67 bits per heavy atom. The maximum absolute atomic E-state index is 12.4. The van der Waals surface area contributed by atoms with Crippen molar-refractivity contribution >= 4 is 22.9 Å². The van der Waals surface area contributed by atoms with Crippen molar-refractivity contribution in [1.29, 1.82) is 0 Å². The van der Waals surface area contributed by atoms with Crippen molar-refractivity contribution in [2.75, 3.05) is 11.5 Å². The molecular formula is C14H22N4O2S. The van der Waals surface area contributed by atoms with Crippen molar-refractivity contribution in [3.05, 3.63) is 27.2 Å². The maximum atomic E-state index is 12.4. The first kappa shape index (κ1) is 15.9. The third kappa shape index (κ3) is 3.23. The van der Waals surface area contributed by atoms with Gasteiger partial charge in [-0.1, -0.05) is 13.8 Å². The number of hydrogen-bond acceptors (Lipinski definition) is 4. The van der Waals surface area contributed by atoms with Crippen LogP contribution in [0.5, 0.6) is 0 Å². The molecule has 0 fully saturated rings. The van der Waals surface area contributed by atoms with Gasteiger partial charge in [-0.25, -0.2) is 9.78 Å². The largest absolute Gasteiger partial charge is 0.332 e. The molecule has 0 radical (unpaired) electrons. The van der Waals surface area contributed by atoms with E-state index in [9.17, 15) is 9.59 Å². The van der Waals surface area contributed by atoms with Crippen LogP contribution in [0.15, 0.2) is 15.9 Å². The topological polar surface area (TPSA) is 61.8 Å². The number of nitrogens with zero attached hydrogens (tertiary/aromatic N) is 4.